The topological polar surface area (TPSA) is 12.0 Å². The molecule has 1 fully saturated rings. The van der Waals surface area contributed by atoms with Crippen LogP contribution in [0.1, 0.15) is 49.3 Å². The average Bonchev–Trinajstić information content (AvgIpc) is 3.12. The zero-order valence-corrected chi connectivity index (χ0v) is 14.1. The van der Waals surface area contributed by atoms with Gasteiger partial charge in [-0.2, -0.15) is 0 Å². The first-order valence-corrected chi connectivity index (χ1v) is 8.81. The molecule has 1 nitrogen and oxygen atoms in total. The van der Waals surface area contributed by atoms with Crippen LogP contribution in [0.15, 0.2) is 66.9 Å². The molecule has 0 heterocycles. The molecule has 0 bridgehead atoms. The molecule has 0 amide bonds. The van der Waals surface area contributed by atoms with E-state index in [1.807, 2.05) is 0 Å². The lowest BCUT2D eigenvalue weighted by Gasteiger charge is -2.33. The Bertz CT molecular complexity index is 633. The Hall–Kier alpha value is -2.02. The molecule has 0 saturated heterocycles. The van der Waals surface area contributed by atoms with Crippen molar-refractivity contribution in [3.05, 3.63) is 83.6 Å². The molecule has 1 aliphatic rings. The van der Waals surface area contributed by atoms with Gasteiger partial charge in [-0.3, -0.25) is 0 Å². The summed E-state index contributed by atoms with van der Waals surface area (Å²) in [4.78, 5) is 0. The second-order valence-electron chi connectivity index (χ2n) is 6.66. The molecule has 0 radical (unpaired) electrons. The van der Waals surface area contributed by atoms with Gasteiger partial charge in [-0.05, 0) is 36.0 Å². The highest BCUT2D eigenvalue weighted by Crippen LogP contribution is 2.45. The van der Waals surface area contributed by atoms with Gasteiger partial charge in [0.05, 0.1) is 0 Å². The first kappa shape index (κ1) is 15.9. The van der Waals surface area contributed by atoms with Crippen molar-refractivity contribution in [2.75, 3.05) is 0 Å². The standard InChI is InChI=1S/C22H27N/c1-3-19-11-13-20(14-12-19)17-23-18(2)22(15-7-8-16-22)21-9-5-4-6-10-21/h4-6,9-14,23H,2-3,7-8,15-17H2,1H3. The van der Waals surface area contributed by atoms with E-state index in [-0.39, 0.29) is 5.41 Å². The molecule has 0 aromatic heterocycles. The minimum Gasteiger partial charge on any atom is -0.384 e. The van der Waals surface area contributed by atoms with Crippen LogP contribution in [0.25, 0.3) is 0 Å². The summed E-state index contributed by atoms with van der Waals surface area (Å²) in [5.74, 6) is 0. The molecule has 0 aliphatic heterocycles. The smallest absolute Gasteiger partial charge is 0.0397 e. The van der Waals surface area contributed by atoms with Gasteiger partial charge in [0.2, 0.25) is 0 Å². The summed E-state index contributed by atoms with van der Waals surface area (Å²) >= 11 is 0. The van der Waals surface area contributed by atoms with E-state index < -0.39 is 0 Å². The van der Waals surface area contributed by atoms with Crippen LogP contribution in [0.2, 0.25) is 0 Å². The fourth-order valence-electron chi connectivity index (χ4n) is 3.77. The highest BCUT2D eigenvalue weighted by atomic mass is 14.9. The predicted molar refractivity (Wildman–Crippen MR) is 98.4 cm³/mol. The highest BCUT2D eigenvalue weighted by molar-refractivity contribution is 5.36. The van der Waals surface area contributed by atoms with Crippen molar-refractivity contribution in [3.63, 3.8) is 0 Å². The normalized spacial score (nSPS) is 16.2. The maximum Gasteiger partial charge on any atom is 0.0397 e. The third kappa shape index (κ3) is 3.34. The van der Waals surface area contributed by atoms with Crippen molar-refractivity contribution in [1.82, 2.24) is 5.32 Å². The van der Waals surface area contributed by atoms with Crippen LogP contribution in [0.3, 0.4) is 0 Å². The zero-order valence-electron chi connectivity index (χ0n) is 14.1. The lowest BCUT2D eigenvalue weighted by Crippen LogP contribution is -2.32. The van der Waals surface area contributed by atoms with E-state index in [4.69, 9.17) is 0 Å². The maximum atomic E-state index is 4.42. The highest BCUT2D eigenvalue weighted by Gasteiger charge is 2.38. The second kappa shape index (κ2) is 7.04. The van der Waals surface area contributed by atoms with Crippen LogP contribution in [-0.4, -0.2) is 0 Å². The van der Waals surface area contributed by atoms with E-state index >= 15 is 0 Å². The van der Waals surface area contributed by atoms with Crippen LogP contribution in [0.5, 0.6) is 0 Å². The van der Waals surface area contributed by atoms with Gasteiger partial charge in [-0.1, -0.05) is 80.9 Å². The predicted octanol–water partition coefficient (Wildman–Crippen LogP) is 5.36. The molecule has 2 aromatic carbocycles. The fraction of sp³-hybridized carbons (Fsp3) is 0.364. The molecule has 2 aromatic rings. The molecule has 120 valence electrons. The Morgan fingerprint density at radius 1 is 0.957 bits per heavy atom. The van der Waals surface area contributed by atoms with Crippen molar-refractivity contribution in [2.45, 2.75) is 51.0 Å². The Labute approximate surface area is 140 Å². The lowest BCUT2D eigenvalue weighted by molar-refractivity contribution is 0.481. The maximum absolute atomic E-state index is 4.42. The minimum atomic E-state index is 0.116. The van der Waals surface area contributed by atoms with Crippen LogP contribution >= 0.6 is 0 Å². The molecular formula is C22H27N. The van der Waals surface area contributed by atoms with Gasteiger partial charge in [0.25, 0.3) is 0 Å². The van der Waals surface area contributed by atoms with Crippen molar-refractivity contribution < 1.29 is 0 Å². The minimum absolute atomic E-state index is 0.116. The second-order valence-corrected chi connectivity index (χ2v) is 6.66. The summed E-state index contributed by atoms with van der Waals surface area (Å²) in [5.41, 5.74) is 5.43. The number of nitrogens with one attached hydrogen (secondary N) is 1. The summed E-state index contributed by atoms with van der Waals surface area (Å²) in [7, 11) is 0. The SMILES string of the molecule is C=C(NCc1ccc(CC)cc1)C1(c2ccccc2)CCCC1. The summed E-state index contributed by atoms with van der Waals surface area (Å²) in [5, 5.41) is 3.62. The van der Waals surface area contributed by atoms with Crippen molar-refractivity contribution in [2.24, 2.45) is 0 Å². The van der Waals surface area contributed by atoms with Crippen LogP contribution < -0.4 is 5.32 Å². The number of allylic oxidation sites excluding steroid dienone is 1. The first-order chi connectivity index (χ1) is 11.2. The van der Waals surface area contributed by atoms with Gasteiger partial charge in [-0.15, -0.1) is 0 Å². The Morgan fingerprint density at radius 3 is 2.17 bits per heavy atom. The van der Waals surface area contributed by atoms with Gasteiger partial charge in [0.15, 0.2) is 0 Å². The third-order valence-corrected chi connectivity index (χ3v) is 5.30. The Kier molecular flexibility index (Phi) is 4.85. The summed E-state index contributed by atoms with van der Waals surface area (Å²) < 4.78 is 0. The molecule has 1 N–H and O–H groups in total. The Morgan fingerprint density at radius 2 is 1.57 bits per heavy atom. The van der Waals surface area contributed by atoms with E-state index in [0.717, 1.165) is 13.0 Å². The van der Waals surface area contributed by atoms with Gasteiger partial charge in [-0.25, -0.2) is 0 Å². The third-order valence-electron chi connectivity index (χ3n) is 5.30. The average molecular weight is 305 g/mol. The lowest BCUT2D eigenvalue weighted by atomic mass is 9.76. The molecule has 1 saturated carbocycles. The van der Waals surface area contributed by atoms with Gasteiger partial charge in [0, 0.05) is 17.7 Å². The molecule has 0 unspecified atom stereocenters. The van der Waals surface area contributed by atoms with Gasteiger partial charge >= 0.3 is 0 Å². The molecule has 3 rings (SSSR count). The van der Waals surface area contributed by atoms with Crippen molar-refractivity contribution in [1.29, 1.82) is 0 Å². The quantitative estimate of drug-likeness (QED) is 0.757. The van der Waals surface area contributed by atoms with E-state index in [9.17, 15) is 0 Å². The summed E-state index contributed by atoms with van der Waals surface area (Å²) in [6.45, 7) is 7.47. The van der Waals surface area contributed by atoms with E-state index in [1.54, 1.807) is 0 Å². The van der Waals surface area contributed by atoms with Crippen LogP contribution in [0, 0.1) is 0 Å². The largest absolute Gasteiger partial charge is 0.384 e. The van der Waals surface area contributed by atoms with Crippen molar-refractivity contribution in [3.8, 4) is 0 Å². The molecule has 23 heavy (non-hydrogen) atoms. The molecule has 1 heteroatoms. The molecule has 0 atom stereocenters. The summed E-state index contributed by atoms with van der Waals surface area (Å²) in [6.07, 6.45) is 6.09. The number of hydrogen-bond acceptors (Lipinski definition) is 1. The number of benzene rings is 2. The van der Waals surface area contributed by atoms with E-state index in [1.165, 1.54) is 48.1 Å². The van der Waals surface area contributed by atoms with Crippen LogP contribution in [-0.2, 0) is 18.4 Å². The molecule has 0 spiro atoms. The van der Waals surface area contributed by atoms with E-state index in [2.05, 4.69) is 73.4 Å². The number of rotatable bonds is 6. The molecule has 1 aliphatic carbocycles. The first-order valence-electron chi connectivity index (χ1n) is 8.81. The van der Waals surface area contributed by atoms with Gasteiger partial charge < -0.3 is 5.32 Å². The zero-order chi connectivity index (χ0) is 16.1. The number of hydrogen-bond donors (Lipinski definition) is 1. The monoisotopic (exact) mass is 305 g/mol. The fourth-order valence-corrected chi connectivity index (χ4v) is 3.77. The van der Waals surface area contributed by atoms with E-state index in [0.29, 0.717) is 0 Å². The number of aryl methyl sites for hydroxylation is 1. The molecular weight excluding hydrogens is 278 g/mol. The Balaban J connectivity index is 1.72. The van der Waals surface area contributed by atoms with Crippen molar-refractivity contribution >= 4 is 0 Å². The van der Waals surface area contributed by atoms with Gasteiger partial charge in [0.1, 0.15) is 0 Å². The summed E-state index contributed by atoms with van der Waals surface area (Å²) in [6, 6.07) is 19.8. The van der Waals surface area contributed by atoms with Crippen LogP contribution in [0.4, 0.5) is 0 Å².